The molecule has 0 spiro atoms. The molecule has 0 bridgehead atoms. The molecule has 0 aliphatic carbocycles. The van der Waals surface area contributed by atoms with E-state index in [2.05, 4.69) is 55.3 Å². The van der Waals surface area contributed by atoms with Gasteiger partial charge in [0.15, 0.2) is 0 Å². The SMILES string of the molecule is CCCNc1ccnc(-c2ccc(C)c(C)c2)c1. The van der Waals surface area contributed by atoms with Crippen LogP contribution in [0.1, 0.15) is 24.5 Å². The molecule has 0 atom stereocenters. The van der Waals surface area contributed by atoms with Crippen molar-refractivity contribution in [3.05, 3.63) is 47.7 Å². The quantitative estimate of drug-likeness (QED) is 0.866. The number of anilines is 1. The van der Waals surface area contributed by atoms with Crippen LogP contribution in [0.3, 0.4) is 0 Å². The summed E-state index contributed by atoms with van der Waals surface area (Å²) in [6, 6.07) is 10.6. The predicted molar refractivity (Wildman–Crippen MR) is 77.9 cm³/mol. The third-order valence-corrected chi connectivity index (χ3v) is 3.14. The normalized spacial score (nSPS) is 10.4. The second-order valence-corrected chi connectivity index (χ2v) is 4.66. The van der Waals surface area contributed by atoms with Gasteiger partial charge in [-0.3, -0.25) is 4.98 Å². The lowest BCUT2D eigenvalue weighted by Gasteiger charge is -2.08. The molecule has 2 aromatic rings. The van der Waals surface area contributed by atoms with Crippen LogP contribution in [0.15, 0.2) is 36.5 Å². The molecule has 2 heteroatoms. The number of hydrogen-bond acceptors (Lipinski definition) is 2. The molecule has 0 radical (unpaired) electrons. The molecule has 1 aromatic heterocycles. The fraction of sp³-hybridized carbons (Fsp3) is 0.312. The number of benzene rings is 1. The monoisotopic (exact) mass is 240 g/mol. The average molecular weight is 240 g/mol. The van der Waals surface area contributed by atoms with Crippen molar-refractivity contribution < 1.29 is 0 Å². The van der Waals surface area contributed by atoms with E-state index in [1.54, 1.807) is 0 Å². The predicted octanol–water partition coefficient (Wildman–Crippen LogP) is 4.19. The Morgan fingerprint density at radius 3 is 2.61 bits per heavy atom. The highest BCUT2D eigenvalue weighted by Crippen LogP contribution is 2.22. The highest BCUT2D eigenvalue weighted by Gasteiger charge is 2.02. The summed E-state index contributed by atoms with van der Waals surface area (Å²) >= 11 is 0. The minimum atomic E-state index is 0.996. The first-order valence-corrected chi connectivity index (χ1v) is 6.48. The maximum atomic E-state index is 4.45. The Balaban J connectivity index is 2.29. The lowest BCUT2D eigenvalue weighted by atomic mass is 10.0. The Morgan fingerprint density at radius 1 is 1.06 bits per heavy atom. The van der Waals surface area contributed by atoms with Crippen molar-refractivity contribution in [3.8, 4) is 11.3 Å². The number of aromatic nitrogens is 1. The molecule has 0 amide bonds. The maximum Gasteiger partial charge on any atom is 0.0722 e. The van der Waals surface area contributed by atoms with Crippen molar-refractivity contribution in [2.45, 2.75) is 27.2 Å². The molecular formula is C16H20N2. The Labute approximate surface area is 109 Å². The fourth-order valence-electron chi connectivity index (χ4n) is 1.87. The zero-order valence-electron chi connectivity index (χ0n) is 11.3. The van der Waals surface area contributed by atoms with Crippen LogP contribution < -0.4 is 5.32 Å². The van der Waals surface area contributed by atoms with Gasteiger partial charge in [-0.1, -0.05) is 19.1 Å². The molecule has 1 aromatic carbocycles. The lowest BCUT2D eigenvalue weighted by molar-refractivity contribution is 0.979. The van der Waals surface area contributed by atoms with Gasteiger partial charge in [-0.2, -0.15) is 0 Å². The Hall–Kier alpha value is -1.83. The summed E-state index contributed by atoms with van der Waals surface area (Å²) in [5, 5.41) is 3.39. The number of rotatable bonds is 4. The van der Waals surface area contributed by atoms with Crippen molar-refractivity contribution in [2.24, 2.45) is 0 Å². The van der Waals surface area contributed by atoms with E-state index in [4.69, 9.17) is 0 Å². The molecule has 0 unspecified atom stereocenters. The highest BCUT2D eigenvalue weighted by atomic mass is 14.9. The van der Waals surface area contributed by atoms with Crippen LogP contribution >= 0.6 is 0 Å². The van der Waals surface area contributed by atoms with Crippen LogP contribution in [0.25, 0.3) is 11.3 Å². The standard InChI is InChI=1S/C16H20N2/c1-4-8-17-15-7-9-18-16(11-15)14-6-5-12(2)13(3)10-14/h5-7,9-11H,4,8H2,1-3H3,(H,17,18). The van der Waals surface area contributed by atoms with E-state index in [-0.39, 0.29) is 0 Å². The Morgan fingerprint density at radius 2 is 1.89 bits per heavy atom. The second-order valence-electron chi connectivity index (χ2n) is 4.66. The summed E-state index contributed by atoms with van der Waals surface area (Å²) in [6.45, 7) is 7.43. The van der Waals surface area contributed by atoms with Crippen molar-refractivity contribution in [3.63, 3.8) is 0 Å². The van der Waals surface area contributed by atoms with E-state index in [9.17, 15) is 0 Å². The van der Waals surface area contributed by atoms with Gasteiger partial charge in [-0.15, -0.1) is 0 Å². The first-order chi connectivity index (χ1) is 8.70. The number of nitrogens with zero attached hydrogens (tertiary/aromatic N) is 1. The van der Waals surface area contributed by atoms with Crippen LogP contribution in [0.4, 0.5) is 5.69 Å². The summed E-state index contributed by atoms with van der Waals surface area (Å²) < 4.78 is 0. The van der Waals surface area contributed by atoms with Crippen molar-refractivity contribution in [1.29, 1.82) is 0 Å². The number of nitrogens with one attached hydrogen (secondary N) is 1. The molecule has 0 aliphatic heterocycles. The number of pyridine rings is 1. The first-order valence-electron chi connectivity index (χ1n) is 6.48. The van der Waals surface area contributed by atoms with Gasteiger partial charge in [-0.05, 0) is 49.6 Å². The largest absolute Gasteiger partial charge is 0.385 e. The van der Waals surface area contributed by atoms with Gasteiger partial charge in [0.25, 0.3) is 0 Å². The summed E-state index contributed by atoms with van der Waals surface area (Å²) in [5.74, 6) is 0. The van der Waals surface area contributed by atoms with Crippen molar-refractivity contribution >= 4 is 5.69 Å². The van der Waals surface area contributed by atoms with Crippen LogP contribution in [0.2, 0.25) is 0 Å². The Kier molecular flexibility index (Phi) is 3.98. The van der Waals surface area contributed by atoms with Crippen LogP contribution in [-0.2, 0) is 0 Å². The maximum absolute atomic E-state index is 4.45. The second kappa shape index (κ2) is 5.67. The van der Waals surface area contributed by atoms with Gasteiger partial charge in [0, 0.05) is 24.0 Å². The molecular weight excluding hydrogens is 220 g/mol. The molecule has 2 nitrogen and oxygen atoms in total. The van der Waals surface area contributed by atoms with Crippen LogP contribution in [0, 0.1) is 13.8 Å². The topological polar surface area (TPSA) is 24.9 Å². The summed E-state index contributed by atoms with van der Waals surface area (Å²) in [7, 11) is 0. The summed E-state index contributed by atoms with van der Waals surface area (Å²) in [4.78, 5) is 4.45. The van der Waals surface area contributed by atoms with Gasteiger partial charge in [0.2, 0.25) is 0 Å². The van der Waals surface area contributed by atoms with E-state index >= 15 is 0 Å². The van der Waals surface area contributed by atoms with Gasteiger partial charge >= 0.3 is 0 Å². The van der Waals surface area contributed by atoms with E-state index in [1.165, 1.54) is 16.7 Å². The minimum Gasteiger partial charge on any atom is -0.385 e. The molecule has 1 N–H and O–H groups in total. The fourth-order valence-corrected chi connectivity index (χ4v) is 1.87. The van der Waals surface area contributed by atoms with E-state index in [1.807, 2.05) is 12.3 Å². The zero-order valence-corrected chi connectivity index (χ0v) is 11.3. The molecule has 18 heavy (non-hydrogen) atoms. The lowest BCUT2D eigenvalue weighted by Crippen LogP contribution is -2.00. The Bertz CT molecular complexity index is 532. The molecule has 0 fully saturated rings. The van der Waals surface area contributed by atoms with Gasteiger partial charge < -0.3 is 5.32 Å². The molecule has 0 saturated carbocycles. The van der Waals surface area contributed by atoms with Crippen LogP contribution in [0.5, 0.6) is 0 Å². The van der Waals surface area contributed by atoms with Gasteiger partial charge in [-0.25, -0.2) is 0 Å². The first kappa shape index (κ1) is 12.6. The average Bonchev–Trinajstić information content (AvgIpc) is 2.40. The smallest absolute Gasteiger partial charge is 0.0722 e. The van der Waals surface area contributed by atoms with E-state index in [0.29, 0.717) is 0 Å². The van der Waals surface area contributed by atoms with E-state index < -0.39 is 0 Å². The molecule has 0 aliphatic rings. The van der Waals surface area contributed by atoms with Crippen molar-refractivity contribution in [2.75, 3.05) is 11.9 Å². The molecule has 94 valence electrons. The molecule has 0 saturated heterocycles. The summed E-state index contributed by atoms with van der Waals surface area (Å²) in [6.07, 6.45) is 2.99. The highest BCUT2D eigenvalue weighted by molar-refractivity contribution is 5.65. The van der Waals surface area contributed by atoms with Crippen LogP contribution in [-0.4, -0.2) is 11.5 Å². The number of hydrogen-bond donors (Lipinski definition) is 1. The summed E-state index contributed by atoms with van der Waals surface area (Å²) in [5.41, 5.74) is 5.97. The van der Waals surface area contributed by atoms with Gasteiger partial charge in [0.1, 0.15) is 0 Å². The number of aryl methyl sites for hydroxylation is 2. The third kappa shape index (κ3) is 2.89. The molecule has 2 rings (SSSR count). The van der Waals surface area contributed by atoms with Gasteiger partial charge in [0.05, 0.1) is 5.69 Å². The molecule has 1 heterocycles. The van der Waals surface area contributed by atoms with E-state index in [0.717, 1.165) is 24.3 Å². The van der Waals surface area contributed by atoms with Crippen molar-refractivity contribution in [1.82, 2.24) is 4.98 Å². The third-order valence-electron chi connectivity index (χ3n) is 3.14. The minimum absolute atomic E-state index is 0.996. The zero-order chi connectivity index (χ0) is 13.0.